The normalized spacial score (nSPS) is 28.6. The molecule has 122 heavy (non-hydrogen) atoms. The Bertz CT molecular complexity index is 4940. The summed E-state index contributed by atoms with van der Waals surface area (Å²) >= 11 is 11.1. The highest BCUT2D eigenvalue weighted by atomic mass is 32.2. The molecule has 32 heteroatoms. The lowest BCUT2D eigenvalue weighted by molar-refractivity contribution is -0.166. The van der Waals surface area contributed by atoms with Crippen LogP contribution in [0.5, 0.6) is 23.0 Å². The van der Waals surface area contributed by atoms with E-state index in [9.17, 15) is 39.0 Å². The van der Waals surface area contributed by atoms with Crippen LogP contribution in [0.2, 0.25) is 0 Å². The van der Waals surface area contributed by atoms with Gasteiger partial charge in [-0.05, 0) is 104 Å². The zero-order valence-corrected chi connectivity index (χ0v) is 76.0. The first-order chi connectivity index (χ1) is 58.5. The monoisotopic (exact) mass is 1800 g/mol. The van der Waals surface area contributed by atoms with Crippen molar-refractivity contribution in [1.82, 2.24) is 39.2 Å². The number of aliphatic hydroxyl groups excluding tert-OH is 2. The topological polar surface area (TPSA) is 258 Å². The molecule has 0 saturated carbocycles. The van der Waals surface area contributed by atoms with Crippen molar-refractivity contribution in [2.75, 3.05) is 111 Å². The minimum absolute atomic E-state index is 0.000244. The van der Waals surface area contributed by atoms with Crippen LogP contribution in [0.15, 0.2) is 206 Å². The van der Waals surface area contributed by atoms with E-state index in [-0.39, 0.29) is 118 Å². The maximum Gasteiger partial charge on any atom is 0.262 e. The second kappa shape index (κ2) is 35.1. The maximum absolute atomic E-state index is 15.1. The summed E-state index contributed by atoms with van der Waals surface area (Å²) < 4.78 is 32.8. The molecule has 24 nitrogen and oxygen atoms in total. The van der Waals surface area contributed by atoms with E-state index in [1.807, 2.05) is 206 Å². The first-order valence-corrected chi connectivity index (χ1v) is 46.4. The van der Waals surface area contributed by atoms with Gasteiger partial charge in [-0.1, -0.05) is 158 Å². The number of fused-ring (bicyclic) bond motifs is 16. The average Bonchev–Trinajstić information content (AvgIpc) is 1.53. The van der Waals surface area contributed by atoms with Crippen molar-refractivity contribution in [2.45, 2.75) is 96.2 Å². The zero-order chi connectivity index (χ0) is 86.6. The van der Waals surface area contributed by atoms with Gasteiger partial charge in [0.25, 0.3) is 47.3 Å². The number of nitrogens with zero attached hydrogens (tertiary/aromatic N) is 8. The van der Waals surface area contributed by atoms with Crippen LogP contribution in [0, 0.1) is 0 Å². The minimum Gasteiger partial charge on any atom is -0.497 e. The number of carbonyl (C=O) groups excluding carboxylic acids is 8. The zero-order valence-electron chi connectivity index (χ0n) is 69.5. The van der Waals surface area contributed by atoms with Crippen molar-refractivity contribution in [3.05, 3.63) is 262 Å². The summed E-state index contributed by atoms with van der Waals surface area (Å²) in [6.45, 7) is -0.500. The number of piperazine rings is 4. The van der Waals surface area contributed by atoms with E-state index >= 15 is 9.59 Å². The third-order valence-corrected chi connectivity index (χ3v) is 38.5. The molecule has 8 bridgehead atoms. The lowest BCUT2D eigenvalue weighted by atomic mass is 9.94. The number of amides is 8. The van der Waals surface area contributed by atoms with Gasteiger partial charge in [0.2, 0.25) is 0 Å². The number of hydrogen-bond donors (Lipinski definition) is 2. The van der Waals surface area contributed by atoms with Crippen molar-refractivity contribution in [2.24, 2.45) is 0 Å². The fourth-order valence-electron chi connectivity index (χ4n) is 16.9. The van der Waals surface area contributed by atoms with Crippen molar-refractivity contribution < 1.29 is 77.0 Å². The van der Waals surface area contributed by atoms with Gasteiger partial charge in [0.15, 0.2) is 39.0 Å². The molecular weight excluding hydrogens is 1710 g/mol. The molecule has 12 heterocycles. The van der Waals surface area contributed by atoms with Gasteiger partial charge in [0.1, 0.15) is 23.0 Å². The van der Waals surface area contributed by atoms with Gasteiger partial charge in [-0.25, -0.2) is 0 Å². The Morgan fingerprint density at radius 1 is 0.254 bits per heavy atom. The number of likely N-dealkylation sites (N-methyl/N-ethyl adjacent to an activating group) is 8. The van der Waals surface area contributed by atoms with Crippen molar-refractivity contribution in [3.63, 3.8) is 0 Å². The summed E-state index contributed by atoms with van der Waals surface area (Å²) in [5, 5.41) is 21.3. The summed E-state index contributed by atoms with van der Waals surface area (Å²) in [4.78, 5) is 118. The van der Waals surface area contributed by atoms with Crippen LogP contribution in [0.3, 0.4) is 0 Å². The molecule has 20 rings (SSSR count). The molecule has 12 atom stereocenters. The van der Waals surface area contributed by atoms with Crippen LogP contribution in [-0.4, -0.2) is 247 Å². The first-order valence-electron chi connectivity index (χ1n) is 39.4. The summed E-state index contributed by atoms with van der Waals surface area (Å²) in [7, 11) is 19.7. The number of thioether (sulfide) groups is 8. The van der Waals surface area contributed by atoms with E-state index in [4.69, 9.17) is 28.4 Å². The second-order valence-corrected chi connectivity index (χ2v) is 43.4. The molecule has 0 aliphatic carbocycles. The summed E-state index contributed by atoms with van der Waals surface area (Å²) in [6, 6.07) is 65.5. The Morgan fingerprint density at radius 2 is 0.443 bits per heavy atom. The van der Waals surface area contributed by atoms with Crippen LogP contribution in [-0.2, 0) is 86.7 Å². The SMILES string of the molecule is COc1ccc(C2S[C@@]3(CO)C(=O)N(C)[C@@](Cc4ccc(C[C@@]56SC(c7ccc(OC)cc7)S[C@@](CO)(C(=O)N5C)N(C)C6=O)cc4)(S2)C(=O)N3C)cc1.COc1ccc(C2S[C@@]3(COCc4ccccc4)C(=O)N(C)[C@@](Cc4ccc(C[C@@]56SC(c7ccc(OC)cc7)S[C@@](COCc7ccccc7)(C(=O)N5C)N(C)C6=O)cc4)(S2)C(=O)N3C)cc1. The molecule has 0 radical (unpaired) electrons. The molecule has 4 unspecified atom stereocenters. The number of carbonyl (C=O) groups is 8. The van der Waals surface area contributed by atoms with E-state index in [0.717, 1.165) is 55.6 Å². The van der Waals surface area contributed by atoms with Crippen LogP contribution >= 0.6 is 94.1 Å². The van der Waals surface area contributed by atoms with Gasteiger partial charge in [-0.15, -0.1) is 94.1 Å². The van der Waals surface area contributed by atoms with E-state index in [2.05, 4.69) is 0 Å². The number of benzene rings is 8. The number of ether oxygens (including phenoxy) is 6. The van der Waals surface area contributed by atoms with E-state index < -0.39 is 52.2 Å². The quantitative estimate of drug-likeness (QED) is 0.0510. The van der Waals surface area contributed by atoms with Gasteiger partial charge < -0.3 is 77.8 Å². The Kier molecular flexibility index (Phi) is 25.4. The number of hydrogen-bond acceptors (Lipinski definition) is 24. The van der Waals surface area contributed by atoms with Crippen molar-refractivity contribution >= 4 is 141 Å². The first kappa shape index (κ1) is 88.2. The highest BCUT2D eigenvalue weighted by Gasteiger charge is 2.71. The third kappa shape index (κ3) is 15.1. The minimum atomic E-state index is -1.48. The largest absolute Gasteiger partial charge is 0.497 e. The Morgan fingerprint density at radius 3 is 0.664 bits per heavy atom. The molecule has 12 aliphatic heterocycles. The van der Waals surface area contributed by atoms with Crippen LogP contribution in [0.25, 0.3) is 0 Å². The highest BCUT2D eigenvalue weighted by Crippen LogP contribution is 2.66. The lowest BCUT2D eigenvalue weighted by Gasteiger charge is -2.51. The summed E-state index contributed by atoms with van der Waals surface area (Å²) in [6.07, 6.45) is 0.818. The van der Waals surface area contributed by atoms with Crippen LogP contribution < -0.4 is 18.9 Å². The van der Waals surface area contributed by atoms with E-state index in [1.54, 1.807) is 104 Å². The standard InChI is InChI=1S/C52H54N4O8S4.C38H42N4O8S4/c1-53-47(59)51(33-63-31-37-13-9-7-10-14-37)55(3)45(57)49(53,65-43(67-51)39-21-25-41(61-5)26-22-39)29-35-17-19-36(20-18-35)30-50-46(58)56(4)52(48(60)54(50)2,34-64-32-38-15-11-8-12-16-38)68-44(66-50)40-23-27-42(62-6)28-24-40;1-39-33(47)37(21-43)41(3)31(45)35(39,51-29(53-37)25-11-15-27(49-5)16-12-25)19-23-7-9-24(10-8-23)20-36-32(46)42(4)38(22-44,34(48)40(36)2)54-30(52-36)26-13-17-28(50-6)18-14-26/h7-28,43-44H,29-34H2,1-6H3;7-18,29-30,43-44H,19-22H2,1-6H3/t43?,44?,49-,50-,51-,52-;29?,30?,35-,36-,37-,38-/m00/s1. The molecule has 640 valence electrons. The van der Waals surface area contributed by atoms with Gasteiger partial charge in [0.05, 0.1) is 86.4 Å². The average molecular weight is 1800 g/mol. The molecule has 8 aromatic rings. The third-order valence-electron chi connectivity index (χ3n) is 24.5. The maximum atomic E-state index is 15.1. The Hall–Kier alpha value is -8.64. The number of aliphatic hydroxyl groups is 2. The van der Waals surface area contributed by atoms with Crippen molar-refractivity contribution in [3.8, 4) is 23.0 Å². The molecule has 0 spiro atoms. The van der Waals surface area contributed by atoms with Gasteiger partial charge in [-0.2, -0.15) is 0 Å². The fraction of sp³-hybridized carbons (Fsp3) is 0.378. The van der Waals surface area contributed by atoms with Gasteiger partial charge in [0, 0.05) is 82.1 Å². The van der Waals surface area contributed by atoms with Crippen molar-refractivity contribution in [1.29, 1.82) is 0 Å². The molecule has 12 aliphatic rings. The molecule has 0 aromatic heterocycles. The fourth-order valence-corrected chi connectivity index (χ4v) is 31.9. The second-order valence-electron chi connectivity index (χ2n) is 31.2. The molecular formula is C90H96N8O16S8. The highest BCUT2D eigenvalue weighted by molar-refractivity contribution is 8.20. The Balaban J connectivity index is 0.000000195. The number of rotatable bonds is 26. The Labute approximate surface area is 744 Å². The molecule has 2 N–H and O–H groups in total. The molecule has 12 fully saturated rings. The van der Waals surface area contributed by atoms with E-state index in [1.165, 1.54) is 114 Å². The van der Waals surface area contributed by atoms with Gasteiger partial charge in [-0.3, -0.25) is 38.4 Å². The number of methoxy groups -OCH3 is 4. The smallest absolute Gasteiger partial charge is 0.262 e. The molecule has 12 saturated heterocycles. The summed E-state index contributed by atoms with van der Waals surface area (Å²) in [5.74, 6) is 0.715. The molecule has 8 amide bonds. The predicted molar refractivity (Wildman–Crippen MR) is 482 cm³/mol. The van der Waals surface area contributed by atoms with E-state index in [0.29, 0.717) is 23.0 Å². The van der Waals surface area contributed by atoms with Gasteiger partial charge >= 0.3 is 0 Å². The predicted octanol–water partition coefficient (Wildman–Crippen LogP) is 12.0. The van der Waals surface area contributed by atoms with Crippen LogP contribution in [0.4, 0.5) is 0 Å². The lowest BCUT2D eigenvalue weighted by Crippen LogP contribution is -2.73. The van der Waals surface area contributed by atoms with Crippen LogP contribution in [0.1, 0.15) is 74.0 Å². The summed E-state index contributed by atoms with van der Waals surface area (Å²) in [5.41, 5.74) is 8.83. The molecule has 8 aromatic carbocycles.